The largest absolute Gasteiger partial charge is 0.341 e. The summed E-state index contributed by atoms with van der Waals surface area (Å²) in [7, 11) is 0. The number of aromatic amines is 1. The van der Waals surface area contributed by atoms with Gasteiger partial charge >= 0.3 is 0 Å². The van der Waals surface area contributed by atoms with Crippen molar-refractivity contribution >= 4 is 17.5 Å². The molecule has 2 unspecified atom stereocenters. The van der Waals surface area contributed by atoms with Gasteiger partial charge in [0.15, 0.2) is 0 Å². The number of hydrogen-bond acceptors (Lipinski definition) is 5. The molecule has 2 amide bonds. The number of amides is 2. The number of carbonyl (C=O) groups is 2. The molecule has 3 aliphatic rings. The van der Waals surface area contributed by atoms with Crippen LogP contribution >= 0.6 is 0 Å². The summed E-state index contributed by atoms with van der Waals surface area (Å²) in [4.78, 5) is 31.2. The molecule has 1 aromatic rings. The standard InChI is InChI=1S/C16H24N6O2/c23-15-7-12(10-22(15)14-8-18-19-9-14)16(24)21-4-1-13(11-21)20-5-2-17-3-6-20/h8-9,12-13,17H,1-7,10-11H2,(H,18,19). The number of nitrogens with zero attached hydrogens (tertiary/aromatic N) is 4. The van der Waals surface area contributed by atoms with Crippen LogP contribution in [0, 0.1) is 5.92 Å². The monoisotopic (exact) mass is 332 g/mol. The second-order valence-electron chi connectivity index (χ2n) is 6.87. The van der Waals surface area contributed by atoms with Gasteiger partial charge in [-0.3, -0.25) is 19.6 Å². The van der Waals surface area contributed by atoms with E-state index in [1.807, 2.05) is 4.90 Å². The van der Waals surface area contributed by atoms with Crippen molar-refractivity contribution in [3.63, 3.8) is 0 Å². The Morgan fingerprint density at radius 1 is 1.21 bits per heavy atom. The van der Waals surface area contributed by atoms with E-state index in [0.29, 0.717) is 19.0 Å². The van der Waals surface area contributed by atoms with E-state index in [0.717, 1.165) is 51.4 Å². The first-order valence-corrected chi connectivity index (χ1v) is 8.75. The van der Waals surface area contributed by atoms with Crippen molar-refractivity contribution in [3.05, 3.63) is 12.4 Å². The van der Waals surface area contributed by atoms with Crippen molar-refractivity contribution in [1.29, 1.82) is 0 Å². The maximum Gasteiger partial charge on any atom is 0.228 e. The zero-order valence-electron chi connectivity index (χ0n) is 13.8. The molecule has 1 aromatic heterocycles. The minimum atomic E-state index is -0.228. The van der Waals surface area contributed by atoms with E-state index in [2.05, 4.69) is 20.4 Å². The van der Waals surface area contributed by atoms with E-state index >= 15 is 0 Å². The van der Waals surface area contributed by atoms with Crippen molar-refractivity contribution in [1.82, 2.24) is 25.3 Å². The Bertz CT molecular complexity index is 598. The average molecular weight is 332 g/mol. The highest BCUT2D eigenvalue weighted by Gasteiger charge is 2.40. The molecule has 4 rings (SSSR count). The van der Waals surface area contributed by atoms with Crippen LogP contribution in [-0.4, -0.2) is 83.7 Å². The maximum absolute atomic E-state index is 12.8. The smallest absolute Gasteiger partial charge is 0.228 e. The number of likely N-dealkylation sites (tertiary alicyclic amines) is 1. The van der Waals surface area contributed by atoms with Crippen LogP contribution < -0.4 is 10.2 Å². The summed E-state index contributed by atoms with van der Waals surface area (Å²) in [5.41, 5.74) is 0.746. The van der Waals surface area contributed by atoms with Gasteiger partial charge in [-0.15, -0.1) is 0 Å². The van der Waals surface area contributed by atoms with Gasteiger partial charge in [0.05, 0.1) is 17.8 Å². The van der Waals surface area contributed by atoms with Crippen LogP contribution in [0.1, 0.15) is 12.8 Å². The summed E-state index contributed by atoms with van der Waals surface area (Å²) in [6, 6.07) is 0.470. The van der Waals surface area contributed by atoms with E-state index in [-0.39, 0.29) is 17.7 Å². The Morgan fingerprint density at radius 3 is 2.79 bits per heavy atom. The molecule has 0 radical (unpaired) electrons. The molecule has 0 aliphatic carbocycles. The van der Waals surface area contributed by atoms with Gasteiger partial charge in [-0.05, 0) is 6.42 Å². The van der Waals surface area contributed by atoms with Gasteiger partial charge in [-0.2, -0.15) is 5.10 Å². The van der Waals surface area contributed by atoms with Gasteiger partial charge in [0.1, 0.15) is 0 Å². The number of carbonyl (C=O) groups excluding carboxylic acids is 2. The summed E-state index contributed by atoms with van der Waals surface area (Å²) < 4.78 is 0. The molecule has 24 heavy (non-hydrogen) atoms. The average Bonchev–Trinajstić information content (AvgIpc) is 3.35. The Kier molecular flexibility index (Phi) is 4.24. The topological polar surface area (TPSA) is 84.6 Å². The lowest BCUT2D eigenvalue weighted by Gasteiger charge is -2.32. The Morgan fingerprint density at radius 2 is 2.04 bits per heavy atom. The molecule has 2 atom stereocenters. The molecule has 4 heterocycles. The summed E-state index contributed by atoms with van der Waals surface area (Å²) in [6.45, 7) is 6.25. The van der Waals surface area contributed by atoms with Crippen LogP contribution in [0.5, 0.6) is 0 Å². The molecule has 8 heteroatoms. The first-order chi connectivity index (χ1) is 11.7. The lowest BCUT2D eigenvalue weighted by atomic mass is 10.1. The molecule has 0 saturated carbocycles. The van der Waals surface area contributed by atoms with Crippen LogP contribution in [0.25, 0.3) is 0 Å². The zero-order valence-corrected chi connectivity index (χ0v) is 13.8. The lowest BCUT2D eigenvalue weighted by Crippen LogP contribution is -2.49. The molecule has 2 N–H and O–H groups in total. The summed E-state index contributed by atoms with van der Waals surface area (Å²) in [5.74, 6) is -0.0891. The van der Waals surface area contributed by atoms with E-state index in [1.54, 1.807) is 17.3 Å². The Hall–Kier alpha value is -1.93. The molecule has 0 spiro atoms. The highest BCUT2D eigenvalue weighted by molar-refractivity contribution is 6.00. The van der Waals surface area contributed by atoms with Gasteiger partial charge in [-0.1, -0.05) is 0 Å². The normalized spacial score (nSPS) is 28.8. The van der Waals surface area contributed by atoms with Crippen molar-refractivity contribution in [2.24, 2.45) is 5.92 Å². The molecule has 130 valence electrons. The minimum absolute atomic E-state index is 0.00704. The number of piperazine rings is 1. The second-order valence-corrected chi connectivity index (χ2v) is 6.87. The van der Waals surface area contributed by atoms with Gasteiger partial charge < -0.3 is 15.1 Å². The zero-order chi connectivity index (χ0) is 16.5. The fraction of sp³-hybridized carbons (Fsp3) is 0.688. The SMILES string of the molecule is O=C(C1CC(=O)N(c2cn[nH]c2)C1)N1CCC(N2CCNCC2)C1. The highest BCUT2D eigenvalue weighted by Crippen LogP contribution is 2.27. The molecule has 3 saturated heterocycles. The van der Waals surface area contributed by atoms with E-state index in [9.17, 15) is 9.59 Å². The number of hydrogen-bond donors (Lipinski definition) is 2. The van der Waals surface area contributed by atoms with Gasteiger partial charge in [0, 0.05) is 64.5 Å². The maximum atomic E-state index is 12.8. The lowest BCUT2D eigenvalue weighted by molar-refractivity contribution is -0.135. The predicted octanol–water partition coefficient (Wildman–Crippen LogP) is -0.731. The Balaban J connectivity index is 1.36. The molecule has 3 aliphatic heterocycles. The molecular formula is C16H24N6O2. The fourth-order valence-electron chi connectivity index (χ4n) is 4.06. The highest BCUT2D eigenvalue weighted by atomic mass is 16.2. The predicted molar refractivity (Wildman–Crippen MR) is 88.5 cm³/mol. The summed E-state index contributed by atoms with van der Waals surface area (Å²) >= 11 is 0. The molecular weight excluding hydrogens is 308 g/mol. The minimum Gasteiger partial charge on any atom is -0.341 e. The molecule has 3 fully saturated rings. The number of aromatic nitrogens is 2. The number of H-pyrrole nitrogens is 1. The van der Waals surface area contributed by atoms with Crippen LogP contribution in [0.2, 0.25) is 0 Å². The van der Waals surface area contributed by atoms with Crippen LogP contribution in [0.3, 0.4) is 0 Å². The molecule has 8 nitrogen and oxygen atoms in total. The summed E-state index contributed by atoms with van der Waals surface area (Å²) in [6.07, 6.45) is 4.67. The molecule has 0 aromatic carbocycles. The van der Waals surface area contributed by atoms with Crippen LogP contribution in [0.4, 0.5) is 5.69 Å². The first kappa shape index (κ1) is 15.6. The van der Waals surface area contributed by atoms with Crippen molar-refractivity contribution in [3.8, 4) is 0 Å². The van der Waals surface area contributed by atoms with Crippen LogP contribution in [0.15, 0.2) is 12.4 Å². The van der Waals surface area contributed by atoms with Gasteiger partial charge in [-0.25, -0.2) is 0 Å². The van der Waals surface area contributed by atoms with Crippen molar-refractivity contribution in [2.75, 3.05) is 50.7 Å². The molecule has 0 bridgehead atoms. The number of rotatable bonds is 3. The third-order valence-corrected chi connectivity index (χ3v) is 5.41. The number of anilines is 1. The van der Waals surface area contributed by atoms with Gasteiger partial charge in [0.2, 0.25) is 11.8 Å². The van der Waals surface area contributed by atoms with E-state index in [1.165, 1.54) is 0 Å². The first-order valence-electron chi connectivity index (χ1n) is 8.75. The quantitative estimate of drug-likeness (QED) is 0.762. The number of nitrogens with one attached hydrogen (secondary N) is 2. The van der Waals surface area contributed by atoms with Crippen LogP contribution in [-0.2, 0) is 9.59 Å². The second kappa shape index (κ2) is 6.52. The fourth-order valence-corrected chi connectivity index (χ4v) is 4.06. The van der Waals surface area contributed by atoms with Gasteiger partial charge in [0.25, 0.3) is 0 Å². The van der Waals surface area contributed by atoms with E-state index < -0.39 is 0 Å². The summed E-state index contributed by atoms with van der Waals surface area (Å²) in [5, 5.41) is 9.97. The van der Waals surface area contributed by atoms with Crippen molar-refractivity contribution in [2.45, 2.75) is 18.9 Å². The third-order valence-electron chi connectivity index (χ3n) is 5.41. The third kappa shape index (κ3) is 2.91. The Labute approximate surface area is 141 Å². The van der Waals surface area contributed by atoms with Crippen molar-refractivity contribution < 1.29 is 9.59 Å². The van der Waals surface area contributed by atoms with E-state index in [4.69, 9.17) is 0 Å².